The predicted molar refractivity (Wildman–Crippen MR) is 98.0 cm³/mol. The van der Waals surface area contributed by atoms with E-state index in [9.17, 15) is 15.0 Å². The Bertz CT molecular complexity index is 942. The van der Waals surface area contributed by atoms with E-state index in [0.717, 1.165) is 0 Å². The Morgan fingerprint density at radius 2 is 2.12 bits per heavy atom. The van der Waals surface area contributed by atoms with Crippen LogP contribution in [0.25, 0.3) is 0 Å². The Morgan fingerprint density at radius 1 is 1.40 bits per heavy atom. The van der Waals surface area contributed by atoms with Crippen LogP contribution in [-0.4, -0.2) is 27.7 Å². The zero-order valence-corrected chi connectivity index (χ0v) is 15.3. The van der Waals surface area contributed by atoms with Crippen molar-refractivity contribution in [2.24, 2.45) is 28.6 Å². The third kappa shape index (κ3) is 2.15. The van der Waals surface area contributed by atoms with Crippen molar-refractivity contribution in [3.8, 4) is 0 Å². The van der Waals surface area contributed by atoms with Gasteiger partial charge in [-0.15, -0.1) is 0 Å². The van der Waals surface area contributed by atoms with Gasteiger partial charge in [0.1, 0.15) is 5.60 Å². The van der Waals surface area contributed by atoms with Crippen molar-refractivity contribution in [3.05, 3.63) is 22.7 Å². The molecule has 0 aromatic heterocycles. The van der Waals surface area contributed by atoms with Gasteiger partial charge in [0.05, 0.1) is 8.82 Å². The molecule has 0 amide bonds. The predicted octanol–water partition coefficient (Wildman–Crippen LogP) is 3.97. The summed E-state index contributed by atoms with van der Waals surface area (Å²) in [6.07, 6.45) is -2.22. The minimum atomic E-state index is -2.91. The van der Waals surface area contributed by atoms with Crippen LogP contribution >= 0.6 is 11.6 Å². The van der Waals surface area contributed by atoms with Crippen LogP contribution in [0.3, 0.4) is 0 Å². The lowest BCUT2D eigenvalue weighted by Gasteiger charge is -2.57. The van der Waals surface area contributed by atoms with Gasteiger partial charge in [0, 0.05) is 17.3 Å². The van der Waals surface area contributed by atoms with Gasteiger partial charge in [-0.25, -0.2) is 0 Å². The molecule has 0 aliphatic heterocycles. The molecule has 2 saturated carbocycles. The Kier molecular flexibility index (Phi) is 2.45. The fourth-order valence-electron chi connectivity index (χ4n) is 6.12. The summed E-state index contributed by atoms with van der Waals surface area (Å²) in [4.78, 5) is 12.8. The molecular weight excluding hydrogens is 336 g/mol. The van der Waals surface area contributed by atoms with E-state index in [2.05, 4.69) is 0 Å². The van der Waals surface area contributed by atoms with Gasteiger partial charge in [0.2, 0.25) is 0 Å². The molecule has 0 unspecified atom stereocenters. The van der Waals surface area contributed by atoms with Gasteiger partial charge < -0.3 is 10.2 Å². The summed E-state index contributed by atoms with van der Waals surface area (Å²) >= 11 is 6.60. The van der Waals surface area contributed by atoms with Crippen molar-refractivity contribution in [1.29, 1.82) is 0 Å². The molecular formula is C21H29ClO3. The molecule has 4 aliphatic rings. The number of allylic oxidation sites excluding steroid dienone is 3. The number of halogens is 1. The summed E-state index contributed by atoms with van der Waals surface area (Å²) in [5, 5.41) is 22.0. The van der Waals surface area contributed by atoms with Crippen molar-refractivity contribution < 1.29 is 24.6 Å². The summed E-state index contributed by atoms with van der Waals surface area (Å²) in [5.41, 5.74) is -3.59. The molecule has 4 rings (SSSR count). The molecule has 2 N–H and O–H groups in total. The molecule has 25 heavy (non-hydrogen) atoms. The van der Waals surface area contributed by atoms with Crippen LogP contribution in [0.5, 0.6) is 0 Å². The molecule has 7 atom stereocenters. The van der Waals surface area contributed by atoms with E-state index in [1.165, 1.54) is 0 Å². The van der Waals surface area contributed by atoms with Crippen LogP contribution < -0.4 is 0 Å². The lowest BCUT2D eigenvalue weighted by molar-refractivity contribution is -0.156. The highest BCUT2D eigenvalue weighted by molar-refractivity contribution is 6.32. The molecule has 4 heteroatoms. The lowest BCUT2D eigenvalue weighted by Crippen LogP contribution is -2.56. The summed E-state index contributed by atoms with van der Waals surface area (Å²) in [7, 11) is 0. The minimum Gasteiger partial charge on any atom is -0.389 e. The van der Waals surface area contributed by atoms with Crippen molar-refractivity contribution in [3.63, 3.8) is 0 Å². The minimum absolute atomic E-state index is 0.0382. The fourth-order valence-corrected chi connectivity index (χ4v) is 6.53. The number of fused-ring (bicyclic) bond motifs is 5. The van der Waals surface area contributed by atoms with Crippen LogP contribution in [-0.2, 0) is 4.79 Å². The summed E-state index contributed by atoms with van der Waals surface area (Å²) in [6.45, 7) is 0.663. The third-order valence-corrected chi connectivity index (χ3v) is 8.01. The maximum atomic E-state index is 12.8. The molecule has 0 aromatic carbocycles. The second-order valence-electron chi connectivity index (χ2n) is 8.61. The van der Waals surface area contributed by atoms with Crippen molar-refractivity contribution in [1.82, 2.24) is 0 Å². The number of rotatable bonds is 1. The highest BCUT2D eigenvalue weighted by Gasteiger charge is 2.65. The second kappa shape index (κ2) is 5.43. The van der Waals surface area contributed by atoms with Crippen LogP contribution in [0, 0.1) is 28.6 Å². The molecule has 3 nitrogen and oxygen atoms in total. The van der Waals surface area contributed by atoms with Gasteiger partial charge in [-0.3, -0.25) is 4.79 Å². The smallest absolute Gasteiger partial charge is 0.161 e. The summed E-state index contributed by atoms with van der Waals surface area (Å²) in [6, 6.07) is -0.537. The quantitative estimate of drug-likeness (QED) is 0.733. The van der Waals surface area contributed by atoms with Crippen molar-refractivity contribution in [2.45, 2.75) is 70.9 Å². The third-order valence-electron chi connectivity index (χ3n) is 7.69. The molecule has 2 fully saturated rings. The molecule has 0 radical (unpaired) electrons. The van der Waals surface area contributed by atoms with E-state index in [1.54, 1.807) is 13.0 Å². The van der Waals surface area contributed by atoms with Gasteiger partial charge in [-0.2, -0.15) is 0 Å². The maximum absolute atomic E-state index is 12.8. The van der Waals surface area contributed by atoms with Gasteiger partial charge >= 0.3 is 0 Å². The molecule has 138 valence electrons. The summed E-state index contributed by atoms with van der Waals surface area (Å²) in [5.74, 6) is -1.82. The number of carbonyl (C=O) groups excluding carboxylic acids is 1. The zero-order valence-electron chi connectivity index (χ0n) is 21.5. The van der Waals surface area contributed by atoms with Crippen LogP contribution in [0.2, 0.25) is 0 Å². The van der Waals surface area contributed by atoms with Gasteiger partial charge in [0.15, 0.2) is 5.78 Å². The van der Waals surface area contributed by atoms with Crippen LogP contribution in [0.4, 0.5) is 0 Å². The zero-order chi connectivity index (χ0) is 24.3. The van der Waals surface area contributed by atoms with E-state index in [4.69, 9.17) is 21.2 Å². The molecule has 0 spiro atoms. The standard InChI is InChI=1S/C21H29ClO3/c1-12(23)21(25)9-6-16-14-11-18(22)17-10-13(24)4-7-19(17,2)15(14)5-8-20(16,21)3/h10-11,13-16,24-25H,4-9H2,1-3H3/t13-,14+,15-,16-,19+,20-,21-/m0/s1/i1D3,4D2,10D,13D. The SMILES string of the molecule is [2H]C1=C2C(Cl)=C[C@@H]3[C@H](CC[C@@]4(C)[C@H]3CC[C@]4(O)C(=O)C([2H])([2H])[2H])[C@@]2(C)CC([2H])([2H])[C@]1([2H])O. The molecule has 0 saturated heterocycles. The van der Waals surface area contributed by atoms with Crippen molar-refractivity contribution in [2.75, 3.05) is 0 Å². The van der Waals surface area contributed by atoms with E-state index in [0.29, 0.717) is 19.3 Å². The summed E-state index contributed by atoms with van der Waals surface area (Å²) < 4.78 is 55.9. The molecule has 0 heterocycles. The number of aliphatic hydroxyl groups is 2. The topological polar surface area (TPSA) is 57.5 Å². The van der Waals surface area contributed by atoms with E-state index < -0.39 is 47.6 Å². The molecule has 0 aromatic rings. The average molecular weight is 372 g/mol. The average Bonchev–Trinajstić information content (AvgIpc) is 2.91. The Labute approximate surface area is 165 Å². The number of Topliss-reactive ketones (excluding diaryl/α,β-unsaturated/α-hetero) is 1. The van der Waals surface area contributed by atoms with Gasteiger partial charge in [-0.1, -0.05) is 37.6 Å². The highest BCUT2D eigenvalue weighted by atomic mass is 35.5. The first-order valence-corrected chi connectivity index (χ1v) is 9.32. The highest BCUT2D eigenvalue weighted by Crippen LogP contribution is 2.67. The number of carbonyl (C=O) groups is 1. The molecule has 4 aliphatic carbocycles. The first kappa shape index (κ1) is 11.3. The van der Waals surface area contributed by atoms with Crippen molar-refractivity contribution >= 4 is 17.4 Å². The second-order valence-corrected chi connectivity index (χ2v) is 9.02. The maximum Gasteiger partial charge on any atom is 0.161 e. The number of ketones is 1. The van der Waals surface area contributed by atoms with Crippen LogP contribution in [0.1, 0.15) is 68.8 Å². The van der Waals surface area contributed by atoms with Crippen LogP contribution in [0.15, 0.2) is 22.7 Å². The first-order valence-electron chi connectivity index (χ1n) is 12.4. The lowest BCUT2D eigenvalue weighted by atomic mass is 9.48. The first-order chi connectivity index (χ1) is 14.3. The number of hydrogen-bond acceptors (Lipinski definition) is 3. The number of hydrogen-bond donors (Lipinski definition) is 2. The fraction of sp³-hybridized carbons (Fsp3) is 0.762. The Balaban J connectivity index is 1.83. The monoisotopic (exact) mass is 371 g/mol. The Morgan fingerprint density at radius 3 is 2.84 bits per heavy atom. The normalized spacial score (nSPS) is 61.7. The van der Waals surface area contributed by atoms with E-state index in [1.807, 2.05) is 6.92 Å². The largest absolute Gasteiger partial charge is 0.389 e. The van der Waals surface area contributed by atoms with Gasteiger partial charge in [0.25, 0.3) is 0 Å². The Hall–Kier alpha value is -0.640. The van der Waals surface area contributed by atoms with E-state index >= 15 is 0 Å². The molecule has 0 bridgehead atoms. The van der Waals surface area contributed by atoms with E-state index in [-0.39, 0.29) is 41.2 Å². The van der Waals surface area contributed by atoms with Gasteiger partial charge in [-0.05, 0) is 74.1 Å².